The van der Waals surface area contributed by atoms with Gasteiger partial charge in [0.2, 0.25) is 0 Å². The van der Waals surface area contributed by atoms with Crippen molar-refractivity contribution < 1.29 is 14.6 Å². The molecule has 108 valence electrons. The number of nitrogens with one attached hydrogen (secondary N) is 1. The molecular weight excluding hydrogens is 266 g/mol. The SMILES string of the molecule is Cc1cccc(C(=O)N[C@@H]2CCOc3ccccc32)c1O. The molecule has 2 N–H and O–H groups in total. The molecule has 0 aliphatic carbocycles. The molecule has 21 heavy (non-hydrogen) atoms. The van der Waals surface area contributed by atoms with Crippen LogP contribution in [0.15, 0.2) is 42.5 Å². The van der Waals surface area contributed by atoms with Gasteiger partial charge in [0.05, 0.1) is 18.2 Å². The Morgan fingerprint density at radius 3 is 2.90 bits per heavy atom. The van der Waals surface area contributed by atoms with Crippen molar-refractivity contribution in [2.45, 2.75) is 19.4 Å². The summed E-state index contributed by atoms with van der Waals surface area (Å²) in [6.45, 7) is 2.34. The quantitative estimate of drug-likeness (QED) is 0.891. The molecule has 4 heteroatoms. The van der Waals surface area contributed by atoms with Crippen molar-refractivity contribution in [2.75, 3.05) is 6.61 Å². The molecule has 0 aromatic heterocycles. The van der Waals surface area contributed by atoms with Crippen molar-refractivity contribution in [3.8, 4) is 11.5 Å². The summed E-state index contributed by atoms with van der Waals surface area (Å²) in [7, 11) is 0. The zero-order valence-corrected chi connectivity index (χ0v) is 11.8. The van der Waals surface area contributed by atoms with Crippen LogP contribution in [0, 0.1) is 6.92 Å². The molecule has 1 heterocycles. The number of para-hydroxylation sites is 2. The third-order valence-electron chi connectivity index (χ3n) is 3.75. The second-order valence-corrected chi connectivity index (χ2v) is 5.17. The van der Waals surface area contributed by atoms with Crippen LogP contribution in [0.3, 0.4) is 0 Å². The molecule has 3 rings (SSSR count). The third kappa shape index (κ3) is 2.57. The molecule has 0 saturated heterocycles. The number of aromatic hydroxyl groups is 1. The molecule has 0 bridgehead atoms. The number of aryl methyl sites for hydroxylation is 1. The first-order valence-electron chi connectivity index (χ1n) is 6.98. The highest BCUT2D eigenvalue weighted by molar-refractivity contribution is 5.97. The van der Waals surface area contributed by atoms with Gasteiger partial charge in [0, 0.05) is 12.0 Å². The molecule has 0 radical (unpaired) electrons. The Kier molecular flexibility index (Phi) is 3.52. The number of rotatable bonds is 2. The number of phenols is 1. The van der Waals surface area contributed by atoms with Gasteiger partial charge in [0.1, 0.15) is 11.5 Å². The van der Waals surface area contributed by atoms with Crippen molar-refractivity contribution >= 4 is 5.91 Å². The standard InChI is InChI=1S/C17H17NO3/c1-11-5-4-7-13(16(11)19)17(20)18-14-9-10-21-15-8-3-2-6-12(14)15/h2-8,14,19H,9-10H2,1H3,(H,18,20)/t14-/m1/s1. The van der Waals surface area contributed by atoms with E-state index in [1.807, 2.05) is 24.3 Å². The Balaban J connectivity index is 1.85. The number of ether oxygens (including phenoxy) is 1. The molecule has 0 spiro atoms. The van der Waals surface area contributed by atoms with E-state index in [0.717, 1.165) is 17.7 Å². The average molecular weight is 283 g/mol. The Hall–Kier alpha value is -2.49. The van der Waals surface area contributed by atoms with Gasteiger partial charge in [-0.15, -0.1) is 0 Å². The Bertz CT molecular complexity index is 681. The number of benzene rings is 2. The van der Waals surface area contributed by atoms with E-state index in [2.05, 4.69) is 5.32 Å². The minimum Gasteiger partial charge on any atom is -0.507 e. The number of carbonyl (C=O) groups is 1. The summed E-state index contributed by atoms with van der Waals surface area (Å²) < 4.78 is 5.58. The van der Waals surface area contributed by atoms with Crippen molar-refractivity contribution in [1.29, 1.82) is 0 Å². The molecule has 0 unspecified atom stereocenters. The molecule has 1 aliphatic rings. The highest BCUT2D eigenvalue weighted by atomic mass is 16.5. The number of fused-ring (bicyclic) bond motifs is 1. The molecule has 4 nitrogen and oxygen atoms in total. The van der Waals surface area contributed by atoms with Crippen LogP contribution < -0.4 is 10.1 Å². The minimum atomic E-state index is -0.266. The lowest BCUT2D eigenvalue weighted by atomic mass is 10.00. The average Bonchev–Trinajstić information content (AvgIpc) is 2.50. The van der Waals surface area contributed by atoms with E-state index in [1.165, 1.54) is 0 Å². The van der Waals surface area contributed by atoms with E-state index in [4.69, 9.17) is 4.74 Å². The topological polar surface area (TPSA) is 58.6 Å². The second-order valence-electron chi connectivity index (χ2n) is 5.17. The number of carbonyl (C=O) groups excluding carboxylic acids is 1. The van der Waals surface area contributed by atoms with Gasteiger partial charge >= 0.3 is 0 Å². The summed E-state index contributed by atoms with van der Waals surface area (Å²) in [6, 6.07) is 12.8. The number of hydrogen-bond acceptors (Lipinski definition) is 3. The second kappa shape index (κ2) is 5.48. The van der Waals surface area contributed by atoms with E-state index in [9.17, 15) is 9.90 Å². The summed E-state index contributed by atoms with van der Waals surface area (Å²) in [5, 5.41) is 13.0. The highest BCUT2D eigenvalue weighted by Crippen LogP contribution is 2.32. The smallest absolute Gasteiger partial charge is 0.255 e. The fourth-order valence-electron chi connectivity index (χ4n) is 2.57. The molecular formula is C17H17NO3. The van der Waals surface area contributed by atoms with Crippen LogP contribution in [0.1, 0.15) is 33.9 Å². The summed E-state index contributed by atoms with van der Waals surface area (Å²) in [6.07, 6.45) is 0.718. The largest absolute Gasteiger partial charge is 0.507 e. The molecule has 0 saturated carbocycles. The first-order chi connectivity index (χ1) is 10.2. The van der Waals surface area contributed by atoms with Crippen molar-refractivity contribution in [3.05, 3.63) is 59.2 Å². The third-order valence-corrected chi connectivity index (χ3v) is 3.75. The van der Waals surface area contributed by atoms with Crippen molar-refractivity contribution in [1.82, 2.24) is 5.32 Å². The van der Waals surface area contributed by atoms with Gasteiger partial charge in [-0.05, 0) is 24.6 Å². The van der Waals surface area contributed by atoms with Crippen LogP contribution in [-0.4, -0.2) is 17.6 Å². The monoisotopic (exact) mass is 283 g/mol. The lowest BCUT2D eigenvalue weighted by Gasteiger charge is -2.26. The molecule has 1 atom stereocenters. The van der Waals surface area contributed by atoms with E-state index in [1.54, 1.807) is 25.1 Å². The predicted octanol–water partition coefficient (Wildman–Crippen LogP) is 2.95. The zero-order chi connectivity index (χ0) is 14.8. The fourth-order valence-corrected chi connectivity index (χ4v) is 2.57. The van der Waals surface area contributed by atoms with Crippen LogP contribution in [0.5, 0.6) is 11.5 Å². The molecule has 0 fully saturated rings. The molecule has 1 amide bonds. The first kappa shape index (κ1) is 13.5. The fraction of sp³-hybridized carbons (Fsp3) is 0.235. The summed E-state index contributed by atoms with van der Waals surface area (Å²) in [5.41, 5.74) is 1.97. The summed E-state index contributed by atoms with van der Waals surface area (Å²) in [5.74, 6) is 0.579. The summed E-state index contributed by atoms with van der Waals surface area (Å²) >= 11 is 0. The Morgan fingerprint density at radius 1 is 1.24 bits per heavy atom. The van der Waals surface area contributed by atoms with Gasteiger partial charge in [-0.3, -0.25) is 4.79 Å². The van der Waals surface area contributed by atoms with Crippen LogP contribution in [0.4, 0.5) is 0 Å². The number of hydrogen-bond donors (Lipinski definition) is 2. The molecule has 2 aromatic carbocycles. The first-order valence-corrected chi connectivity index (χ1v) is 6.98. The maximum Gasteiger partial charge on any atom is 0.255 e. The van der Waals surface area contributed by atoms with Crippen LogP contribution >= 0.6 is 0 Å². The zero-order valence-electron chi connectivity index (χ0n) is 11.8. The molecule has 2 aromatic rings. The minimum absolute atomic E-state index is 0.0374. The van der Waals surface area contributed by atoms with Crippen molar-refractivity contribution in [2.24, 2.45) is 0 Å². The lowest BCUT2D eigenvalue weighted by molar-refractivity contribution is 0.0922. The highest BCUT2D eigenvalue weighted by Gasteiger charge is 2.24. The summed E-state index contributed by atoms with van der Waals surface area (Å²) in [4.78, 5) is 12.4. The maximum absolute atomic E-state index is 12.4. The molecule has 1 aliphatic heterocycles. The van der Waals surface area contributed by atoms with Gasteiger partial charge in [-0.2, -0.15) is 0 Å². The van der Waals surface area contributed by atoms with E-state index in [0.29, 0.717) is 17.7 Å². The van der Waals surface area contributed by atoms with Crippen LogP contribution in [-0.2, 0) is 0 Å². The lowest BCUT2D eigenvalue weighted by Crippen LogP contribution is -2.32. The van der Waals surface area contributed by atoms with E-state index < -0.39 is 0 Å². The number of phenolic OH excluding ortho intramolecular Hbond substituents is 1. The van der Waals surface area contributed by atoms with E-state index >= 15 is 0 Å². The van der Waals surface area contributed by atoms with Gasteiger partial charge in [0.25, 0.3) is 5.91 Å². The van der Waals surface area contributed by atoms with Crippen molar-refractivity contribution in [3.63, 3.8) is 0 Å². The normalized spacial score (nSPS) is 16.7. The number of amides is 1. The van der Waals surface area contributed by atoms with Gasteiger partial charge in [-0.25, -0.2) is 0 Å². The Morgan fingerprint density at radius 2 is 2.05 bits per heavy atom. The van der Waals surface area contributed by atoms with Gasteiger partial charge in [-0.1, -0.05) is 30.3 Å². The Labute approximate surface area is 123 Å². The van der Waals surface area contributed by atoms with Gasteiger partial charge in [0.15, 0.2) is 0 Å². The van der Waals surface area contributed by atoms with Crippen LogP contribution in [0.25, 0.3) is 0 Å². The van der Waals surface area contributed by atoms with E-state index in [-0.39, 0.29) is 17.7 Å². The predicted molar refractivity (Wildman–Crippen MR) is 79.6 cm³/mol. The van der Waals surface area contributed by atoms with Crippen LogP contribution in [0.2, 0.25) is 0 Å². The maximum atomic E-state index is 12.4. The van der Waals surface area contributed by atoms with Gasteiger partial charge < -0.3 is 15.2 Å².